The van der Waals surface area contributed by atoms with Crippen LogP contribution >= 0.6 is 12.4 Å². The van der Waals surface area contributed by atoms with Gasteiger partial charge in [0.1, 0.15) is 5.82 Å². The molecule has 5 nitrogen and oxygen atoms in total. The Bertz CT molecular complexity index is 820. The summed E-state index contributed by atoms with van der Waals surface area (Å²) in [6, 6.07) is 1.24. The number of piperidine rings is 1. The van der Waals surface area contributed by atoms with Gasteiger partial charge in [-0.1, -0.05) is 12.8 Å². The van der Waals surface area contributed by atoms with Crippen LogP contribution in [0.2, 0.25) is 0 Å². The number of rotatable bonds is 4. The summed E-state index contributed by atoms with van der Waals surface area (Å²) in [7, 11) is 0. The fourth-order valence-electron chi connectivity index (χ4n) is 5.36. The average Bonchev–Trinajstić information content (AvgIpc) is 3.12. The topological polar surface area (TPSA) is 43.9 Å². The molecule has 1 atom stereocenters. The molecule has 31 heavy (non-hydrogen) atoms. The van der Waals surface area contributed by atoms with Gasteiger partial charge in [-0.15, -0.1) is 12.4 Å². The van der Waals surface area contributed by atoms with Crippen molar-refractivity contribution in [2.75, 3.05) is 37.6 Å². The van der Waals surface area contributed by atoms with E-state index < -0.39 is 17.5 Å². The molecular formula is C22H29ClF3N3O2. The maximum atomic E-state index is 14.0. The molecule has 1 aromatic carbocycles. The fraction of sp³-hybridized carbons (Fsp3) is 0.636. The van der Waals surface area contributed by atoms with Crippen molar-refractivity contribution in [2.45, 2.75) is 51.5 Å². The van der Waals surface area contributed by atoms with E-state index in [1.807, 2.05) is 6.92 Å². The fourth-order valence-corrected chi connectivity index (χ4v) is 5.36. The van der Waals surface area contributed by atoms with Gasteiger partial charge in [0, 0.05) is 63.7 Å². The summed E-state index contributed by atoms with van der Waals surface area (Å²) in [5.41, 5.74) is -0.0466. The first-order valence-corrected chi connectivity index (χ1v) is 10.7. The quantitative estimate of drug-likeness (QED) is 0.508. The average molecular weight is 460 g/mol. The summed E-state index contributed by atoms with van der Waals surface area (Å²) in [5, 5.41) is 0. The number of benzene rings is 1. The highest BCUT2D eigenvalue weighted by Crippen LogP contribution is 2.47. The molecule has 0 N–H and O–H groups in total. The van der Waals surface area contributed by atoms with Crippen molar-refractivity contribution in [3.8, 4) is 0 Å². The van der Waals surface area contributed by atoms with Gasteiger partial charge in [-0.05, 0) is 25.2 Å². The van der Waals surface area contributed by atoms with Crippen molar-refractivity contribution in [3.05, 3.63) is 29.6 Å². The van der Waals surface area contributed by atoms with E-state index in [0.717, 1.165) is 31.7 Å². The summed E-state index contributed by atoms with van der Waals surface area (Å²) in [6.07, 6.45) is 5.06. The molecule has 2 amide bonds. The zero-order valence-electron chi connectivity index (χ0n) is 17.7. The number of amides is 2. The smallest absolute Gasteiger partial charge is 0.230 e. The second-order valence-corrected chi connectivity index (χ2v) is 9.07. The number of imide groups is 1. The first kappa shape index (κ1) is 23.9. The largest absolute Gasteiger partial charge is 0.367 e. The monoisotopic (exact) mass is 459 g/mol. The molecule has 1 aliphatic carbocycles. The predicted molar refractivity (Wildman–Crippen MR) is 114 cm³/mol. The number of carbonyl (C=O) groups is 2. The Kier molecular flexibility index (Phi) is 7.21. The van der Waals surface area contributed by atoms with Crippen LogP contribution < -0.4 is 4.90 Å². The molecule has 1 aromatic rings. The standard InChI is InChI=1S/C22H28F3N3O2.ClH/c1-15(28-20(29)12-22(13-21(28)30)4-2-3-5-22)14-26-6-8-27(9-7-26)19-11-17(24)16(23)10-18(19)25;/h10-11,15H,2-9,12-14H2,1H3;1H. The second-order valence-electron chi connectivity index (χ2n) is 9.07. The van der Waals surface area contributed by atoms with Gasteiger partial charge >= 0.3 is 0 Å². The van der Waals surface area contributed by atoms with E-state index >= 15 is 0 Å². The molecular weight excluding hydrogens is 431 g/mol. The summed E-state index contributed by atoms with van der Waals surface area (Å²) in [6.45, 7) is 4.54. The maximum absolute atomic E-state index is 14.0. The Morgan fingerprint density at radius 2 is 1.45 bits per heavy atom. The Hall–Kier alpha value is -1.80. The lowest BCUT2D eigenvalue weighted by atomic mass is 9.76. The maximum Gasteiger partial charge on any atom is 0.230 e. The molecule has 2 aliphatic heterocycles. The molecule has 1 saturated carbocycles. The number of carbonyl (C=O) groups excluding carboxylic acids is 2. The Morgan fingerprint density at radius 3 is 2.03 bits per heavy atom. The zero-order chi connectivity index (χ0) is 21.5. The number of anilines is 1. The lowest BCUT2D eigenvalue weighted by molar-refractivity contribution is -0.156. The number of nitrogens with zero attached hydrogens (tertiary/aromatic N) is 3. The van der Waals surface area contributed by atoms with Crippen LogP contribution in [0.4, 0.5) is 18.9 Å². The van der Waals surface area contributed by atoms with Crippen LogP contribution in [0.3, 0.4) is 0 Å². The van der Waals surface area contributed by atoms with E-state index in [1.165, 1.54) is 4.90 Å². The number of hydrogen-bond donors (Lipinski definition) is 0. The van der Waals surface area contributed by atoms with E-state index in [9.17, 15) is 22.8 Å². The molecule has 0 aromatic heterocycles. The van der Waals surface area contributed by atoms with E-state index in [1.54, 1.807) is 4.90 Å². The third-order valence-corrected chi connectivity index (χ3v) is 6.92. The van der Waals surface area contributed by atoms with Crippen LogP contribution in [0.25, 0.3) is 0 Å². The molecule has 172 valence electrons. The molecule has 1 unspecified atom stereocenters. The number of hydrogen-bond acceptors (Lipinski definition) is 4. The Morgan fingerprint density at radius 1 is 0.903 bits per heavy atom. The van der Waals surface area contributed by atoms with Gasteiger partial charge in [0.05, 0.1) is 5.69 Å². The third kappa shape index (κ3) is 4.85. The molecule has 4 rings (SSSR count). The van der Waals surface area contributed by atoms with Crippen LogP contribution in [0.15, 0.2) is 12.1 Å². The van der Waals surface area contributed by atoms with Crippen LogP contribution in [-0.4, -0.2) is 60.4 Å². The summed E-state index contributed by atoms with van der Waals surface area (Å²) >= 11 is 0. The second kappa shape index (κ2) is 9.36. The van der Waals surface area contributed by atoms with Gasteiger partial charge in [-0.2, -0.15) is 0 Å². The van der Waals surface area contributed by atoms with Crippen molar-refractivity contribution in [3.63, 3.8) is 0 Å². The van der Waals surface area contributed by atoms with E-state index in [4.69, 9.17) is 0 Å². The third-order valence-electron chi connectivity index (χ3n) is 6.92. The molecule has 2 heterocycles. The van der Waals surface area contributed by atoms with Crippen molar-refractivity contribution >= 4 is 29.9 Å². The first-order valence-electron chi connectivity index (χ1n) is 10.7. The summed E-state index contributed by atoms with van der Waals surface area (Å²) in [4.78, 5) is 30.8. The van der Waals surface area contributed by atoms with Gasteiger partial charge in [-0.3, -0.25) is 19.4 Å². The normalized spacial score (nSPS) is 22.7. The van der Waals surface area contributed by atoms with Crippen LogP contribution in [-0.2, 0) is 9.59 Å². The number of piperazine rings is 1. The van der Waals surface area contributed by atoms with Gasteiger partial charge in [0.15, 0.2) is 11.6 Å². The minimum absolute atomic E-state index is 0. The van der Waals surface area contributed by atoms with Crippen molar-refractivity contribution < 1.29 is 22.8 Å². The molecule has 2 saturated heterocycles. The van der Waals surface area contributed by atoms with Crippen LogP contribution in [0.5, 0.6) is 0 Å². The lowest BCUT2D eigenvalue weighted by Gasteiger charge is -2.42. The number of likely N-dealkylation sites (tertiary alicyclic amines) is 1. The highest BCUT2D eigenvalue weighted by Gasteiger charge is 2.46. The summed E-state index contributed by atoms with van der Waals surface area (Å²) < 4.78 is 40.7. The first-order chi connectivity index (χ1) is 14.3. The van der Waals surface area contributed by atoms with Gasteiger partial charge < -0.3 is 4.90 Å². The Labute approximate surface area is 187 Å². The van der Waals surface area contributed by atoms with Gasteiger partial charge in [-0.25, -0.2) is 13.2 Å². The summed E-state index contributed by atoms with van der Waals surface area (Å²) in [5.74, 6) is -3.17. The van der Waals surface area contributed by atoms with Crippen molar-refractivity contribution in [2.24, 2.45) is 5.41 Å². The van der Waals surface area contributed by atoms with Gasteiger partial charge in [0.25, 0.3) is 0 Å². The van der Waals surface area contributed by atoms with E-state index in [0.29, 0.717) is 51.6 Å². The highest BCUT2D eigenvalue weighted by molar-refractivity contribution is 5.99. The van der Waals surface area contributed by atoms with Crippen molar-refractivity contribution in [1.82, 2.24) is 9.80 Å². The minimum Gasteiger partial charge on any atom is -0.367 e. The predicted octanol–water partition coefficient (Wildman–Crippen LogP) is 3.75. The molecule has 3 fully saturated rings. The van der Waals surface area contributed by atoms with E-state index in [-0.39, 0.29) is 41.4 Å². The number of halogens is 4. The van der Waals surface area contributed by atoms with E-state index in [2.05, 4.69) is 4.90 Å². The zero-order valence-corrected chi connectivity index (χ0v) is 18.5. The Balaban J connectivity index is 0.00000272. The van der Waals surface area contributed by atoms with Crippen LogP contribution in [0.1, 0.15) is 45.4 Å². The molecule has 9 heteroatoms. The highest BCUT2D eigenvalue weighted by atomic mass is 35.5. The molecule has 3 aliphatic rings. The van der Waals surface area contributed by atoms with Crippen LogP contribution in [0, 0.1) is 22.9 Å². The SMILES string of the molecule is CC(CN1CCN(c2cc(F)c(F)cc2F)CC1)N1C(=O)CC2(CCCC2)CC1=O.Cl. The minimum atomic E-state index is -1.20. The lowest BCUT2D eigenvalue weighted by Crippen LogP contribution is -2.56. The molecule has 0 bridgehead atoms. The van der Waals surface area contributed by atoms with Gasteiger partial charge in [0.2, 0.25) is 11.8 Å². The van der Waals surface area contributed by atoms with Crippen molar-refractivity contribution in [1.29, 1.82) is 0 Å². The molecule has 0 radical (unpaired) electrons. The molecule has 1 spiro atoms.